The van der Waals surface area contributed by atoms with Crippen LogP contribution in [0.15, 0.2) is 78.9 Å². The molecule has 0 aliphatic carbocycles. The van der Waals surface area contributed by atoms with Crippen LogP contribution in [0.5, 0.6) is 5.75 Å². The summed E-state index contributed by atoms with van der Waals surface area (Å²) < 4.78 is 21.0. The highest BCUT2D eigenvalue weighted by Gasteiger charge is 2.37. The van der Waals surface area contributed by atoms with Crippen LogP contribution in [0, 0.1) is 11.7 Å². The third-order valence-corrected chi connectivity index (χ3v) is 7.89. The Morgan fingerprint density at radius 3 is 2.42 bits per heavy atom. The van der Waals surface area contributed by atoms with Crippen molar-refractivity contribution in [3.63, 3.8) is 0 Å². The summed E-state index contributed by atoms with van der Waals surface area (Å²) >= 11 is 1.45. The Morgan fingerprint density at radius 2 is 1.77 bits per heavy atom. The number of thioether (sulfide) groups is 1. The summed E-state index contributed by atoms with van der Waals surface area (Å²) in [6.07, 6.45) is 0. The van der Waals surface area contributed by atoms with Crippen molar-refractivity contribution in [3.8, 4) is 22.7 Å². The molecule has 1 atom stereocenters. The van der Waals surface area contributed by atoms with Gasteiger partial charge in [0.2, 0.25) is 11.8 Å². The fourth-order valence-electron chi connectivity index (χ4n) is 4.65. The van der Waals surface area contributed by atoms with Gasteiger partial charge in [-0.2, -0.15) is 5.10 Å². The maximum Gasteiger partial charge on any atom is 0.240 e. The molecule has 1 aromatic heterocycles. The average Bonchev–Trinajstić information content (AvgIpc) is 3.30. The quantitative estimate of drug-likeness (QED) is 0.304. The molecule has 0 saturated carbocycles. The van der Waals surface area contributed by atoms with Crippen LogP contribution in [-0.2, 0) is 9.59 Å². The Balaban J connectivity index is 1.75. The third kappa shape index (κ3) is 5.74. The van der Waals surface area contributed by atoms with Gasteiger partial charge in [-0.3, -0.25) is 14.5 Å². The van der Waals surface area contributed by atoms with E-state index in [1.807, 2.05) is 68.4 Å². The predicted octanol–water partition coefficient (Wildman–Crippen LogP) is 5.63. The summed E-state index contributed by atoms with van der Waals surface area (Å²) in [5, 5.41) is 7.66. The number of benzene rings is 3. The molecule has 0 saturated heterocycles. The van der Waals surface area contributed by atoms with E-state index >= 15 is 0 Å². The molecular weight excluding hydrogens is 527 g/mol. The first-order valence-electron chi connectivity index (χ1n) is 13.1. The van der Waals surface area contributed by atoms with Gasteiger partial charge < -0.3 is 10.1 Å². The van der Waals surface area contributed by atoms with Gasteiger partial charge in [0.25, 0.3) is 0 Å². The van der Waals surface area contributed by atoms with E-state index < -0.39 is 0 Å². The Morgan fingerprint density at radius 1 is 1.07 bits per heavy atom. The topological polar surface area (TPSA) is 76.5 Å². The first-order valence-corrected chi connectivity index (χ1v) is 14.2. The maximum atomic E-state index is 13.9. The van der Waals surface area contributed by atoms with Crippen LogP contribution in [0.3, 0.4) is 0 Å². The highest BCUT2D eigenvalue weighted by atomic mass is 32.2. The zero-order chi connectivity index (χ0) is 28.2. The third-order valence-electron chi connectivity index (χ3n) is 6.64. The minimum atomic E-state index is -0.334. The number of hydrogen-bond acceptors (Lipinski definition) is 5. The molecule has 0 unspecified atom stereocenters. The standard InChI is InChI=1S/C31H31FN4O3S/c1-20(2)17-33-26(37)18-35-27(38)19-40-30(22-9-11-23(32)12-10-22)28-29(21-7-5-4-6-8-21)34-36(31(28)35)24-13-15-25(39-3)16-14-24/h4-16,20,30H,17-19H2,1-3H3,(H,33,37)/t30-/m1/s1. The van der Waals surface area contributed by atoms with E-state index in [4.69, 9.17) is 9.84 Å². The lowest BCUT2D eigenvalue weighted by Crippen LogP contribution is -2.43. The number of aromatic nitrogens is 2. The molecule has 1 aliphatic heterocycles. The van der Waals surface area contributed by atoms with Gasteiger partial charge in [-0.25, -0.2) is 9.07 Å². The Bertz CT molecular complexity index is 1490. The molecule has 40 heavy (non-hydrogen) atoms. The molecule has 0 radical (unpaired) electrons. The number of anilines is 1. The number of carbonyl (C=O) groups is 2. The largest absolute Gasteiger partial charge is 0.497 e. The van der Waals surface area contributed by atoms with Gasteiger partial charge >= 0.3 is 0 Å². The van der Waals surface area contributed by atoms with E-state index in [0.29, 0.717) is 29.5 Å². The van der Waals surface area contributed by atoms with E-state index in [0.717, 1.165) is 16.7 Å². The molecule has 3 aromatic carbocycles. The van der Waals surface area contributed by atoms with Crippen molar-refractivity contribution < 1.29 is 18.7 Å². The zero-order valence-electron chi connectivity index (χ0n) is 22.6. The van der Waals surface area contributed by atoms with Crippen molar-refractivity contribution in [1.82, 2.24) is 15.1 Å². The monoisotopic (exact) mass is 558 g/mol. The number of nitrogens with zero attached hydrogens (tertiary/aromatic N) is 3. The van der Waals surface area contributed by atoms with Gasteiger partial charge in [-0.15, -0.1) is 11.8 Å². The van der Waals surface area contributed by atoms with Gasteiger partial charge in [0, 0.05) is 17.7 Å². The average molecular weight is 559 g/mol. The molecule has 0 fully saturated rings. The lowest BCUT2D eigenvalue weighted by atomic mass is 9.99. The van der Waals surface area contributed by atoms with E-state index in [1.165, 1.54) is 28.8 Å². The molecule has 0 bridgehead atoms. The molecule has 4 aromatic rings. The van der Waals surface area contributed by atoms with Crippen LogP contribution >= 0.6 is 11.8 Å². The van der Waals surface area contributed by atoms with Crippen LogP contribution in [0.1, 0.15) is 30.2 Å². The Hall–Kier alpha value is -4.11. The molecule has 7 nitrogen and oxygen atoms in total. The van der Waals surface area contributed by atoms with Crippen LogP contribution in [0.2, 0.25) is 0 Å². The molecule has 5 rings (SSSR count). The molecular formula is C31H31FN4O3S. The summed E-state index contributed by atoms with van der Waals surface area (Å²) in [5.74, 6) is 0.836. The van der Waals surface area contributed by atoms with Gasteiger partial charge in [0.05, 0.1) is 29.5 Å². The fourth-order valence-corrected chi connectivity index (χ4v) is 5.85. The second-order valence-corrected chi connectivity index (χ2v) is 11.1. The van der Waals surface area contributed by atoms with Crippen LogP contribution < -0.4 is 15.0 Å². The maximum absolute atomic E-state index is 13.9. The van der Waals surface area contributed by atoms with Crippen LogP contribution in [0.25, 0.3) is 16.9 Å². The Kier molecular flexibility index (Phi) is 8.21. The van der Waals surface area contributed by atoms with Gasteiger partial charge in [-0.05, 0) is 47.9 Å². The van der Waals surface area contributed by atoms with E-state index in [1.54, 1.807) is 23.9 Å². The number of rotatable bonds is 8. The second kappa shape index (κ2) is 12.0. The number of hydrogen-bond donors (Lipinski definition) is 1. The van der Waals surface area contributed by atoms with E-state index in [9.17, 15) is 14.0 Å². The number of methoxy groups -OCH3 is 1. The lowest BCUT2D eigenvalue weighted by Gasteiger charge is -2.23. The minimum absolute atomic E-state index is 0.144. The van der Waals surface area contributed by atoms with Crippen molar-refractivity contribution in [2.75, 3.05) is 30.9 Å². The van der Waals surface area contributed by atoms with Crippen molar-refractivity contribution in [2.45, 2.75) is 19.1 Å². The van der Waals surface area contributed by atoms with E-state index in [-0.39, 0.29) is 41.1 Å². The molecule has 1 N–H and O–H groups in total. The summed E-state index contributed by atoms with van der Waals surface area (Å²) in [6, 6.07) is 23.5. The molecule has 2 heterocycles. The van der Waals surface area contributed by atoms with Crippen molar-refractivity contribution in [3.05, 3.63) is 95.8 Å². The minimum Gasteiger partial charge on any atom is -0.497 e. The molecule has 2 amide bonds. The number of nitrogens with one attached hydrogen (secondary N) is 1. The number of amides is 2. The highest BCUT2D eigenvalue weighted by Crippen LogP contribution is 2.48. The smallest absolute Gasteiger partial charge is 0.240 e. The number of carbonyl (C=O) groups excluding carboxylic acids is 2. The molecule has 9 heteroatoms. The number of halogens is 1. The van der Waals surface area contributed by atoms with E-state index in [2.05, 4.69) is 5.32 Å². The number of ether oxygens (including phenoxy) is 1. The SMILES string of the molecule is COc1ccc(-n2nc(-c3ccccc3)c3c2N(CC(=O)NCC(C)C)C(=O)CS[C@@H]3c2ccc(F)cc2)cc1. The first-order chi connectivity index (χ1) is 19.4. The molecule has 206 valence electrons. The highest BCUT2D eigenvalue weighted by molar-refractivity contribution is 8.00. The zero-order valence-corrected chi connectivity index (χ0v) is 23.5. The Labute approximate surface area is 237 Å². The summed E-state index contributed by atoms with van der Waals surface area (Å²) in [7, 11) is 1.60. The second-order valence-electron chi connectivity index (χ2n) is 9.98. The van der Waals surface area contributed by atoms with Gasteiger partial charge in [0.15, 0.2) is 0 Å². The van der Waals surface area contributed by atoms with Crippen molar-refractivity contribution in [2.24, 2.45) is 5.92 Å². The van der Waals surface area contributed by atoms with Crippen LogP contribution in [0.4, 0.5) is 10.2 Å². The normalized spacial score (nSPS) is 15.1. The van der Waals surface area contributed by atoms with Crippen molar-refractivity contribution in [1.29, 1.82) is 0 Å². The fraction of sp³-hybridized carbons (Fsp3) is 0.258. The van der Waals surface area contributed by atoms with Crippen LogP contribution in [-0.4, -0.2) is 47.5 Å². The molecule has 1 aliphatic rings. The molecule has 0 spiro atoms. The lowest BCUT2D eigenvalue weighted by molar-refractivity contribution is -0.123. The summed E-state index contributed by atoms with van der Waals surface area (Å²) in [5.41, 5.74) is 3.91. The first kappa shape index (κ1) is 27.5. The van der Waals surface area contributed by atoms with Gasteiger partial charge in [-0.1, -0.05) is 56.3 Å². The predicted molar refractivity (Wildman–Crippen MR) is 156 cm³/mol. The van der Waals surface area contributed by atoms with Crippen molar-refractivity contribution >= 4 is 29.4 Å². The number of fused-ring (bicyclic) bond motifs is 1. The summed E-state index contributed by atoms with van der Waals surface area (Å²) in [6.45, 7) is 4.40. The van der Waals surface area contributed by atoms with Gasteiger partial charge in [0.1, 0.15) is 23.9 Å². The summed E-state index contributed by atoms with van der Waals surface area (Å²) in [4.78, 5) is 28.3.